The van der Waals surface area contributed by atoms with Crippen LogP contribution in [-0.4, -0.2) is 43.3 Å². The van der Waals surface area contributed by atoms with Gasteiger partial charge < -0.3 is 4.74 Å². The number of ether oxygens (including phenoxy) is 1. The molecule has 1 saturated heterocycles. The first kappa shape index (κ1) is 24.9. The lowest BCUT2D eigenvalue weighted by atomic mass is 9.98. The zero-order valence-electron chi connectivity index (χ0n) is 19.9. The van der Waals surface area contributed by atoms with Crippen molar-refractivity contribution in [3.05, 3.63) is 71.6 Å². The number of rotatable bonds is 8. The Morgan fingerprint density at radius 1 is 1.17 bits per heavy atom. The van der Waals surface area contributed by atoms with E-state index >= 15 is 0 Å². The molecule has 1 fully saturated rings. The Bertz CT molecular complexity index is 1440. The van der Waals surface area contributed by atoms with Crippen LogP contribution < -0.4 is 9.64 Å². The van der Waals surface area contributed by atoms with Gasteiger partial charge in [0.2, 0.25) is 5.91 Å². The molecule has 2 aromatic heterocycles. The van der Waals surface area contributed by atoms with E-state index < -0.39 is 15.9 Å². The normalized spacial score (nSPS) is 16.8. The molecule has 188 valence electrons. The van der Waals surface area contributed by atoms with Gasteiger partial charge in [-0.2, -0.15) is 4.31 Å². The van der Waals surface area contributed by atoms with Crippen LogP contribution in [0.25, 0.3) is 10.2 Å². The average molecular weight is 542 g/mol. The van der Waals surface area contributed by atoms with Crippen molar-refractivity contribution in [2.24, 2.45) is 5.92 Å². The van der Waals surface area contributed by atoms with E-state index in [9.17, 15) is 13.2 Å². The van der Waals surface area contributed by atoms with Gasteiger partial charge in [-0.1, -0.05) is 47.7 Å². The maximum atomic E-state index is 14.0. The highest BCUT2D eigenvalue weighted by molar-refractivity contribution is 7.91. The van der Waals surface area contributed by atoms with Gasteiger partial charge in [0, 0.05) is 13.1 Å². The predicted molar refractivity (Wildman–Crippen MR) is 144 cm³/mol. The number of thiophene rings is 1. The summed E-state index contributed by atoms with van der Waals surface area (Å²) < 4.78 is 34.6. The van der Waals surface area contributed by atoms with E-state index in [0.717, 1.165) is 21.5 Å². The molecule has 0 saturated carbocycles. The molecule has 0 spiro atoms. The first-order valence-electron chi connectivity index (χ1n) is 11.9. The van der Waals surface area contributed by atoms with Crippen LogP contribution in [0.5, 0.6) is 5.75 Å². The quantitative estimate of drug-likeness (QED) is 0.299. The summed E-state index contributed by atoms with van der Waals surface area (Å²) in [6, 6.07) is 18.9. The lowest BCUT2D eigenvalue weighted by molar-refractivity contribution is -0.123. The summed E-state index contributed by atoms with van der Waals surface area (Å²) in [5.41, 5.74) is 1.79. The summed E-state index contributed by atoms with van der Waals surface area (Å²) in [6.45, 7) is 3.47. The number of benzene rings is 2. The fourth-order valence-electron chi connectivity index (χ4n) is 4.39. The minimum Gasteiger partial charge on any atom is -0.494 e. The number of anilines is 1. The summed E-state index contributed by atoms with van der Waals surface area (Å²) in [4.78, 5) is 20.4. The van der Waals surface area contributed by atoms with E-state index in [1.807, 2.05) is 55.5 Å². The van der Waals surface area contributed by atoms with Gasteiger partial charge in [-0.15, -0.1) is 11.3 Å². The third-order valence-electron chi connectivity index (χ3n) is 6.16. The second-order valence-electron chi connectivity index (χ2n) is 8.60. The first-order chi connectivity index (χ1) is 17.5. The Balaban J connectivity index is 1.45. The van der Waals surface area contributed by atoms with Gasteiger partial charge in [0.1, 0.15) is 9.96 Å². The number of hydrogen-bond donors (Lipinski definition) is 0. The van der Waals surface area contributed by atoms with Crippen molar-refractivity contribution < 1.29 is 17.9 Å². The lowest BCUT2D eigenvalue weighted by Gasteiger charge is -2.33. The number of amides is 1. The van der Waals surface area contributed by atoms with Gasteiger partial charge in [0.15, 0.2) is 5.13 Å². The van der Waals surface area contributed by atoms with E-state index in [1.54, 1.807) is 22.4 Å². The van der Waals surface area contributed by atoms with Crippen molar-refractivity contribution in [1.82, 2.24) is 9.29 Å². The molecule has 1 unspecified atom stereocenters. The lowest BCUT2D eigenvalue weighted by Crippen LogP contribution is -2.46. The van der Waals surface area contributed by atoms with Crippen LogP contribution in [0.15, 0.2) is 70.3 Å². The van der Waals surface area contributed by atoms with E-state index in [-0.39, 0.29) is 12.5 Å². The Morgan fingerprint density at radius 3 is 2.75 bits per heavy atom. The highest BCUT2D eigenvalue weighted by Gasteiger charge is 2.36. The fraction of sp³-hybridized carbons (Fsp3) is 0.308. The number of sulfonamides is 1. The molecule has 7 nitrogen and oxygen atoms in total. The van der Waals surface area contributed by atoms with Crippen molar-refractivity contribution in [2.75, 3.05) is 24.6 Å². The molecule has 1 aliphatic heterocycles. The monoisotopic (exact) mass is 541 g/mol. The summed E-state index contributed by atoms with van der Waals surface area (Å²) in [7, 11) is -3.61. The average Bonchev–Trinajstić information content (AvgIpc) is 3.58. The third kappa shape index (κ3) is 5.17. The molecule has 0 radical (unpaired) electrons. The van der Waals surface area contributed by atoms with Crippen LogP contribution in [0.1, 0.15) is 25.3 Å². The summed E-state index contributed by atoms with van der Waals surface area (Å²) >= 11 is 2.65. The molecule has 0 bridgehead atoms. The van der Waals surface area contributed by atoms with E-state index in [0.29, 0.717) is 41.9 Å². The van der Waals surface area contributed by atoms with Crippen molar-refractivity contribution in [3.8, 4) is 5.75 Å². The van der Waals surface area contributed by atoms with Crippen molar-refractivity contribution in [1.29, 1.82) is 0 Å². The fourth-order valence-corrected chi connectivity index (χ4v) is 8.06. The minimum absolute atomic E-state index is 0.103. The summed E-state index contributed by atoms with van der Waals surface area (Å²) in [6.07, 6.45) is 1.28. The molecular weight excluding hydrogens is 515 g/mol. The van der Waals surface area contributed by atoms with E-state index in [2.05, 4.69) is 0 Å². The topological polar surface area (TPSA) is 79.8 Å². The number of thiazole rings is 1. The standard InChI is InChI=1S/C26H27N3O4S3/c1-2-33-21-12-13-22-23(16-21)35-26(27-22)29(17-19-8-4-3-5-9-19)25(30)20-10-6-14-28(18-20)36(31,32)24-11-7-15-34-24/h3-5,7-9,11-13,15-16,20H,2,6,10,14,17-18H2,1H3. The highest BCUT2D eigenvalue weighted by atomic mass is 32.2. The molecule has 1 atom stereocenters. The molecule has 10 heteroatoms. The second-order valence-corrected chi connectivity index (χ2v) is 12.7. The molecule has 5 rings (SSSR count). The highest BCUT2D eigenvalue weighted by Crippen LogP contribution is 2.34. The van der Waals surface area contributed by atoms with Crippen molar-refractivity contribution in [2.45, 2.75) is 30.5 Å². The van der Waals surface area contributed by atoms with Gasteiger partial charge in [-0.25, -0.2) is 13.4 Å². The molecule has 1 amide bonds. The van der Waals surface area contributed by atoms with Crippen LogP contribution >= 0.6 is 22.7 Å². The molecule has 4 aromatic rings. The second kappa shape index (κ2) is 10.7. The van der Waals surface area contributed by atoms with Gasteiger partial charge >= 0.3 is 0 Å². The number of hydrogen-bond acceptors (Lipinski definition) is 7. The Kier molecular flexibility index (Phi) is 7.38. The molecule has 2 aromatic carbocycles. The van der Waals surface area contributed by atoms with Gasteiger partial charge in [-0.05, 0) is 55.0 Å². The third-order valence-corrected chi connectivity index (χ3v) is 10.4. The SMILES string of the molecule is CCOc1ccc2nc(N(Cc3ccccc3)C(=O)C3CCCN(S(=O)(=O)c4cccs4)C3)sc2c1. The Morgan fingerprint density at radius 2 is 2.00 bits per heavy atom. The number of carbonyl (C=O) groups excluding carboxylic acids is 1. The van der Waals surface area contributed by atoms with Crippen LogP contribution in [0, 0.1) is 5.92 Å². The van der Waals surface area contributed by atoms with E-state index in [1.165, 1.54) is 27.0 Å². The Labute approximate surface area is 219 Å². The van der Waals surface area contributed by atoms with Gasteiger partial charge in [-0.3, -0.25) is 9.69 Å². The largest absolute Gasteiger partial charge is 0.494 e. The zero-order chi connectivity index (χ0) is 25.1. The zero-order valence-corrected chi connectivity index (χ0v) is 22.3. The number of aromatic nitrogens is 1. The van der Waals surface area contributed by atoms with Crippen LogP contribution in [0.4, 0.5) is 5.13 Å². The van der Waals surface area contributed by atoms with Gasteiger partial charge in [0.25, 0.3) is 10.0 Å². The smallest absolute Gasteiger partial charge is 0.252 e. The first-order valence-corrected chi connectivity index (χ1v) is 15.0. The summed E-state index contributed by atoms with van der Waals surface area (Å²) in [5.74, 6) is 0.222. The van der Waals surface area contributed by atoms with Crippen LogP contribution in [0.2, 0.25) is 0 Å². The number of piperidine rings is 1. The predicted octanol–water partition coefficient (Wildman–Crippen LogP) is 5.39. The molecular formula is C26H27N3O4S3. The minimum atomic E-state index is -3.61. The number of fused-ring (bicyclic) bond motifs is 1. The van der Waals surface area contributed by atoms with Gasteiger partial charge in [0.05, 0.1) is 29.3 Å². The maximum absolute atomic E-state index is 14.0. The number of nitrogens with zero attached hydrogens (tertiary/aromatic N) is 3. The Hall–Kier alpha value is -2.79. The summed E-state index contributed by atoms with van der Waals surface area (Å²) in [5, 5.41) is 2.36. The van der Waals surface area contributed by atoms with E-state index in [4.69, 9.17) is 9.72 Å². The maximum Gasteiger partial charge on any atom is 0.252 e. The molecule has 1 aliphatic rings. The van der Waals surface area contributed by atoms with Crippen LogP contribution in [0.3, 0.4) is 0 Å². The molecule has 0 N–H and O–H groups in total. The number of carbonyl (C=O) groups is 1. The molecule has 36 heavy (non-hydrogen) atoms. The van der Waals surface area contributed by atoms with Crippen molar-refractivity contribution in [3.63, 3.8) is 0 Å². The van der Waals surface area contributed by atoms with Crippen LogP contribution in [-0.2, 0) is 21.4 Å². The van der Waals surface area contributed by atoms with Crippen molar-refractivity contribution >= 4 is 54.0 Å². The molecule has 3 heterocycles. The molecule has 0 aliphatic carbocycles.